The smallest absolute Gasteiger partial charge is 0.419 e. The standard InChI is InChI=1S/C11H8F3N3O2/c12-11(13,14)8-4-16-17(6-8)5-7-1-2-15-9(3-7)10(18)19/h1-4,6H,5H2,(H,18,19). The van der Waals surface area contributed by atoms with Gasteiger partial charge in [-0.25, -0.2) is 9.78 Å². The zero-order chi connectivity index (χ0) is 14.0. The normalized spacial score (nSPS) is 11.5. The van der Waals surface area contributed by atoms with Crippen molar-refractivity contribution in [3.8, 4) is 0 Å². The van der Waals surface area contributed by atoms with Crippen LogP contribution >= 0.6 is 0 Å². The molecule has 0 aliphatic heterocycles. The number of pyridine rings is 1. The summed E-state index contributed by atoms with van der Waals surface area (Å²) >= 11 is 0. The van der Waals surface area contributed by atoms with E-state index in [-0.39, 0.29) is 12.2 Å². The molecule has 2 aromatic rings. The average molecular weight is 271 g/mol. The van der Waals surface area contributed by atoms with E-state index >= 15 is 0 Å². The first-order chi connectivity index (χ1) is 8.86. The molecule has 2 rings (SSSR count). The summed E-state index contributed by atoms with van der Waals surface area (Å²) in [5, 5.41) is 12.3. The first-order valence-electron chi connectivity index (χ1n) is 5.14. The molecule has 0 aromatic carbocycles. The Morgan fingerprint density at radius 3 is 2.74 bits per heavy atom. The van der Waals surface area contributed by atoms with E-state index in [2.05, 4.69) is 10.1 Å². The van der Waals surface area contributed by atoms with E-state index in [0.29, 0.717) is 5.56 Å². The van der Waals surface area contributed by atoms with Crippen molar-refractivity contribution in [2.24, 2.45) is 0 Å². The molecule has 0 saturated heterocycles. The van der Waals surface area contributed by atoms with Crippen molar-refractivity contribution in [3.05, 3.63) is 47.5 Å². The molecule has 0 aliphatic carbocycles. The van der Waals surface area contributed by atoms with Crippen molar-refractivity contribution in [1.82, 2.24) is 14.8 Å². The number of nitrogens with zero attached hydrogens (tertiary/aromatic N) is 3. The van der Waals surface area contributed by atoms with Gasteiger partial charge in [0, 0.05) is 12.4 Å². The number of carboxylic acid groups (broad SMARTS) is 1. The zero-order valence-electron chi connectivity index (χ0n) is 9.42. The van der Waals surface area contributed by atoms with Gasteiger partial charge in [-0.3, -0.25) is 4.68 Å². The molecule has 0 spiro atoms. The molecular formula is C11H8F3N3O2. The summed E-state index contributed by atoms with van der Waals surface area (Å²) < 4.78 is 38.2. The lowest BCUT2D eigenvalue weighted by Gasteiger charge is -2.03. The molecule has 8 heteroatoms. The van der Waals surface area contributed by atoms with Gasteiger partial charge in [0.25, 0.3) is 0 Å². The van der Waals surface area contributed by atoms with Gasteiger partial charge in [-0.05, 0) is 17.7 Å². The van der Waals surface area contributed by atoms with E-state index in [9.17, 15) is 18.0 Å². The van der Waals surface area contributed by atoms with Gasteiger partial charge in [0.2, 0.25) is 0 Å². The number of carboxylic acids is 1. The van der Waals surface area contributed by atoms with Crippen LogP contribution in [0.1, 0.15) is 21.6 Å². The number of alkyl halides is 3. The number of carbonyl (C=O) groups is 1. The predicted octanol–water partition coefficient (Wildman–Crippen LogP) is 2.04. The van der Waals surface area contributed by atoms with Crippen LogP contribution in [0.4, 0.5) is 13.2 Å². The van der Waals surface area contributed by atoms with Crippen LogP contribution in [0.3, 0.4) is 0 Å². The Labute approximate surface area is 105 Å². The third kappa shape index (κ3) is 3.09. The Morgan fingerprint density at radius 2 is 2.16 bits per heavy atom. The number of aromatic nitrogens is 3. The molecule has 0 fully saturated rings. The Hall–Kier alpha value is -2.38. The second kappa shape index (κ2) is 4.71. The highest BCUT2D eigenvalue weighted by atomic mass is 19.4. The maximum Gasteiger partial charge on any atom is 0.419 e. The predicted molar refractivity (Wildman–Crippen MR) is 57.5 cm³/mol. The number of halogens is 3. The molecule has 0 aliphatic rings. The quantitative estimate of drug-likeness (QED) is 0.927. The van der Waals surface area contributed by atoms with Crippen molar-refractivity contribution < 1.29 is 23.1 Å². The first kappa shape index (κ1) is 13.1. The maximum absolute atomic E-state index is 12.4. The molecule has 0 bridgehead atoms. The van der Waals surface area contributed by atoms with Gasteiger partial charge < -0.3 is 5.11 Å². The molecule has 5 nitrogen and oxygen atoms in total. The summed E-state index contributed by atoms with van der Waals surface area (Å²) in [4.78, 5) is 14.3. The third-order valence-corrected chi connectivity index (χ3v) is 2.35. The van der Waals surface area contributed by atoms with E-state index < -0.39 is 17.7 Å². The molecule has 0 amide bonds. The van der Waals surface area contributed by atoms with Gasteiger partial charge in [0.05, 0.1) is 18.3 Å². The minimum absolute atomic E-state index is 0.0406. The molecule has 100 valence electrons. The fourth-order valence-corrected chi connectivity index (χ4v) is 1.47. The highest BCUT2D eigenvalue weighted by molar-refractivity contribution is 5.85. The maximum atomic E-state index is 12.4. The van der Waals surface area contributed by atoms with Gasteiger partial charge in [-0.1, -0.05) is 0 Å². The molecule has 0 unspecified atom stereocenters. The minimum Gasteiger partial charge on any atom is -0.477 e. The highest BCUT2D eigenvalue weighted by Crippen LogP contribution is 2.28. The third-order valence-electron chi connectivity index (χ3n) is 2.35. The number of rotatable bonds is 3. The SMILES string of the molecule is O=C(O)c1cc(Cn2cc(C(F)(F)F)cn2)ccn1. The van der Waals surface area contributed by atoms with Crippen LogP contribution in [0.2, 0.25) is 0 Å². The molecule has 0 atom stereocenters. The number of aromatic carboxylic acids is 1. The van der Waals surface area contributed by atoms with Crippen LogP contribution in [0, 0.1) is 0 Å². The molecular weight excluding hydrogens is 263 g/mol. The van der Waals surface area contributed by atoms with Gasteiger partial charge in [0.1, 0.15) is 5.69 Å². The molecule has 2 aromatic heterocycles. The van der Waals surface area contributed by atoms with Gasteiger partial charge in [-0.2, -0.15) is 18.3 Å². The second-order valence-electron chi connectivity index (χ2n) is 3.78. The summed E-state index contributed by atoms with van der Waals surface area (Å²) in [6, 6.07) is 2.80. The molecule has 1 N–H and O–H groups in total. The first-order valence-corrected chi connectivity index (χ1v) is 5.14. The summed E-state index contributed by atoms with van der Waals surface area (Å²) in [6.07, 6.45) is -1.57. The van der Waals surface area contributed by atoms with Crippen molar-refractivity contribution >= 4 is 5.97 Å². The average Bonchev–Trinajstić information content (AvgIpc) is 2.77. The van der Waals surface area contributed by atoms with E-state index in [4.69, 9.17) is 5.11 Å². The van der Waals surface area contributed by atoms with Crippen molar-refractivity contribution in [1.29, 1.82) is 0 Å². The largest absolute Gasteiger partial charge is 0.477 e. The number of hydrogen-bond acceptors (Lipinski definition) is 3. The lowest BCUT2D eigenvalue weighted by molar-refractivity contribution is -0.137. The number of hydrogen-bond donors (Lipinski definition) is 1. The molecule has 0 saturated carbocycles. The second-order valence-corrected chi connectivity index (χ2v) is 3.78. The lowest BCUT2D eigenvalue weighted by atomic mass is 10.2. The van der Waals surface area contributed by atoms with E-state index in [0.717, 1.165) is 17.1 Å². The van der Waals surface area contributed by atoms with Crippen LogP contribution in [0.15, 0.2) is 30.7 Å². The van der Waals surface area contributed by atoms with Crippen LogP contribution in [-0.4, -0.2) is 25.8 Å². The van der Waals surface area contributed by atoms with Crippen molar-refractivity contribution in [3.63, 3.8) is 0 Å². The Bertz CT molecular complexity index is 607. The zero-order valence-corrected chi connectivity index (χ0v) is 9.42. The summed E-state index contributed by atoms with van der Waals surface area (Å²) in [5.41, 5.74) is -0.509. The van der Waals surface area contributed by atoms with Crippen LogP contribution in [0.25, 0.3) is 0 Å². The lowest BCUT2D eigenvalue weighted by Crippen LogP contribution is -2.05. The summed E-state index contributed by atoms with van der Waals surface area (Å²) in [6.45, 7) is 0.0406. The molecule has 2 heterocycles. The summed E-state index contributed by atoms with van der Waals surface area (Å²) in [7, 11) is 0. The van der Waals surface area contributed by atoms with Gasteiger partial charge in [0.15, 0.2) is 0 Å². The van der Waals surface area contributed by atoms with Crippen molar-refractivity contribution in [2.45, 2.75) is 12.7 Å². The fraction of sp³-hybridized carbons (Fsp3) is 0.182. The Balaban J connectivity index is 2.19. The van der Waals surface area contributed by atoms with E-state index in [1.54, 1.807) is 0 Å². The Morgan fingerprint density at radius 1 is 1.42 bits per heavy atom. The molecule has 19 heavy (non-hydrogen) atoms. The topological polar surface area (TPSA) is 68.0 Å². The highest BCUT2D eigenvalue weighted by Gasteiger charge is 2.32. The van der Waals surface area contributed by atoms with Gasteiger partial charge >= 0.3 is 12.1 Å². The molecule has 0 radical (unpaired) electrons. The van der Waals surface area contributed by atoms with Crippen LogP contribution in [0.5, 0.6) is 0 Å². The van der Waals surface area contributed by atoms with Crippen LogP contribution in [-0.2, 0) is 12.7 Å². The van der Waals surface area contributed by atoms with Crippen LogP contribution < -0.4 is 0 Å². The van der Waals surface area contributed by atoms with E-state index in [1.807, 2.05) is 0 Å². The van der Waals surface area contributed by atoms with Crippen molar-refractivity contribution in [2.75, 3.05) is 0 Å². The monoisotopic (exact) mass is 271 g/mol. The summed E-state index contributed by atoms with van der Waals surface area (Å²) in [5.74, 6) is -1.20. The Kier molecular flexibility index (Phi) is 3.24. The fourth-order valence-electron chi connectivity index (χ4n) is 1.47. The van der Waals surface area contributed by atoms with Gasteiger partial charge in [-0.15, -0.1) is 0 Å². The minimum atomic E-state index is -4.44. The van der Waals surface area contributed by atoms with E-state index in [1.165, 1.54) is 18.3 Å².